The highest BCUT2D eigenvalue weighted by Gasteiger charge is 2.16. The monoisotopic (exact) mass is 399 g/mol. The molecule has 1 aromatic carbocycles. The second-order valence-electron chi connectivity index (χ2n) is 7.66. The van der Waals surface area contributed by atoms with Gasteiger partial charge in [0, 0.05) is 11.4 Å². The third kappa shape index (κ3) is 4.36. The van der Waals surface area contributed by atoms with E-state index in [9.17, 15) is 4.79 Å². The molecule has 3 rings (SSSR count). The van der Waals surface area contributed by atoms with Gasteiger partial charge in [-0.25, -0.2) is 9.36 Å². The highest BCUT2D eigenvalue weighted by Crippen LogP contribution is 2.24. The first kappa shape index (κ1) is 19.9. The average Bonchev–Trinajstić information content (AvgIpc) is 3.14. The van der Waals surface area contributed by atoms with E-state index in [1.165, 1.54) is 22.0 Å². The number of benzene rings is 1. The number of nitrogens with zero attached hydrogens (tertiary/aromatic N) is 5. The molecule has 0 spiro atoms. The number of anilines is 1. The van der Waals surface area contributed by atoms with E-state index < -0.39 is 0 Å². The van der Waals surface area contributed by atoms with Crippen molar-refractivity contribution in [1.82, 2.24) is 24.7 Å². The summed E-state index contributed by atoms with van der Waals surface area (Å²) in [5.74, 6) is 6.54. The van der Waals surface area contributed by atoms with E-state index in [2.05, 4.69) is 41.4 Å². The Hall–Kier alpha value is -2.81. The van der Waals surface area contributed by atoms with Gasteiger partial charge in [-0.3, -0.25) is 4.79 Å². The number of rotatable bonds is 5. The zero-order chi connectivity index (χ0) is 20.5. The molecule has 3 N–H and O–H groups in total. The first-order valence-electron chi connectivity index (χ1n) is 8.92. The smallest absolute Gasteiger partial charge is 0.271 e. The van der Waals surface area contributed by atoms with Crippen LogP contribution in [-0.2, 0) is 10.2 Å². The molecule has 8 nitrogen and oxygen atoms in total. The van der Waals surface area contributed by atoms with E-state index >= 15 is 0 Å². The van der Waals surface area contributed by atoms with Crippen LogP contribution in [0, 0.1) is 13.8 Å². The second-order valence-corrected chi connectivity index (χ2v) is 8.60. The van der Waals surface area contributed by atoms with Crippen molar-refractivity contribution in [2.45, 2.75) is 45.2 Å². The molecule has 1 amide bonds. The number of aromatic nitrogens is 5. The maximum absolute atomic E-state index is 12.3. The standard InChI is InChI=1S/C19H25N7OS/c1-12-10-13(2)26(24-12)17-22-23-18(25(17)20)28-11-16(27)21-15-8-6-14(7-9-15)19(3,4)5/h6-10H,11,20H2,1-5H3,(H,21,27). The Morgan fingerprint density at radius 3 is 2.43 bits per heavy atom. The number of amides is 1. The van der Waals surface area contributed by atoms with Gasteiger partial charge in [0.1, 0.15) is 0 Å². The predicted octanol–water partition coefficient (Wildman–Crippen LogP) is 2.82. The van der Waals surface area contributed by atoms with E-state index in [0.29, 0.717) is 11.1 Å². The molecule has 0 atom stereocenters. The predicted molar refractivity (Wildman–Crippen MR) is 111 cm³/mol. The highest BCUT2D eigenvalue weighted by atomic mass is 32.2. The van der Waals surface area contributed by atoms with Gasteiger partial charge in [0.05, 0.1) is 11.4 Å². The molecule has 148 valence electrons. The van der Waals surface area contributed by atoms with Crippen LogP contribution in [0.25, 0.3) is 5.95 Å². The van der Waals surface area contributed by atoms with Crippen molar-refractivity contribution in [3.05, 3.63) is 47.3 Å². The van der Waals surface area contributed by atoms with Crippen molar-refractivity contribution >= 4 is 23.4 Å². The number of hydrogen-bond acceptors (Lipinski definition) is 6. The summed E-state index contributed by atoms with van der Waals surface area (Å²) in [6.45, 7) is 10.3. The van der Waals surface area contributed by atoms with Crippen LogP contribution < -0.4 is 11.2 Å². The third-order valence-corrected chi connectivity index (χ3v) is 5.16. The molecule has 28 heavy (non-hydrogen) atoms. The molecular weight excluding hydrogens is 374 g/mol. The Labute approximate surface area is 168 Å². The lowest BCUT2D eigenvalue weighted by Crippen LogP contribution is -2.19. The van der Waals surface area contributed by atoms with Gasteiger partial charge in [0.25, 0.3) is 5.95 Å². The summed E-state index contributed by atoms with van der Waals surface area (Å²) in [6.07, 6.45) is 0. The highest BCUT2D eigenvalue weighted by molar-refractivity contribution is 7.99. The Kier molecular flexibility index (Phi) is 5.46. The van der Waals surface area contributed by atoms with Crippen molar-refractivity contribution in [3.8, 4) is 5.95 Å². The van der Waals surface area contributed by atoms with E-state index in [1.54, 1.807) is 4.68 Å². The van der Waals surface area contributed by atoms with Crippen molar-refractivity contribution < 1.29 is 4.79 Å². The number of aryl methyl sites for hydroxylation is 2. The molecule has 2 heterocycles. The minimum Gasteiger partial charge on any atom is -0.334 e. The van der Waals surface area contributed by atoms with E-state index in [1.807, 2.05) is 44.2 Å². The molecular formula is C19H25N7OS. The van der Waals surface area contributed by atoms with Crippen molar-refractivity contribution in [3.63, 3.8) is 0 Å². The summed E-state index contributed by atoms with van der Waals surface area (Å²) in [5, 5.41) is 15.8. The largest absolute Gasteiger partial charge is 0.334 e. The van der Waals surface area contributed by atoms with Crippen LogP contribution in [0.4, 0.5) is 5.69 Å². The summed E-state index contributed by atoms with van der Waals surface area (Å²) >= 11 is 1.22. The van der Waals surface area contributed by atoms with Gasteiger partial charge in [-0.2, -0.15) is 5.10 Å². The van der Waals surface area contributed by atoms with Crippen LogP contribution in [0.15, 0.2) is 35.5 Å². The zero-order valence-corrected chi connectivity index (χ0v) is 17.5. The van der Waals surface area contributed by atoms with Gasteiger partial charge >= 0.3 is 0 Å². The fourth-order valence-electron chi connectivity index (χ4n) is 2.72. The molecule has 0 radical (unpaired) electrons. The first-order chi connectivity index (χ1) is 13.1. The number of nitrogens with two attached hydrogens (primary N) is 1. The number of carbonyl (C=O) groups is 1. The zero-order valence-electron chi connectivity index (χ0n) is 16.7. The maximum atomic E-state index is 12.3. The lowest BCUT2D eigenvalue weighted by atomic mass is 9.87. The topological polar surface area (TPSA) is 104 Å². The van der Waals surface area contributed by atoms with Crippen LogP contribution in [0.3, 0.4) is 0 Å². The van der Waals surface area contributed by atoms with Gasteiger partial charge in [-0.05, 0) is 43.0 Å². The van der Waals surface area contributed by atoms with Crippen LogP contribution in [0.5, 0.6) is 0 Å². The molecule has 0 unspecified atom stereocenters. The fourth-order valence-corrected chi connectivity index (χ4v) is 3.38. The van der Waals surface area contributed by atoms with Crippen molar-refractivity contribution in [2.75, 3.05) is 16.9 Å². The van der Waals surface area contributed by atoms with E-state index in [-0.39, 0.29) is 17.1 Å². The number of carbonyl (C=O) groups excluding carboxylic acids is 1. The quantitative estimate of drug-likeness (QED) is 0.505. The Bertz CT molecular complexity index is 983. The minimum atomic E-state index is -0.135. The molecule has 0 aliphatic heterocycles. The Balaban J connectivity index is 1.61. The minimum absolute atomic E-state index is 0.0762. The molecule has 0 aliphatic carbocycles. The molecule has 9 heteroatoms. The number of nitrogens with one attached hydrogen (secondary N) is 1. The lowest BCUT2D eigenvalue weighted by molar-refractivity contribution is -0.113. The molecule has 0 aliphatic rings. The number of nitrogen functional groups attached to an aromatic ring is 1. The van der Waals surface area contributed by atoms with Crippen LogP contribution in [0.1, 0.15) is 37.7 Å². The summed E-state index contributed by atoms with van der Waals surface area (Å²) in [5.41, 5.74) is 3.83. The molecule has 0 saturated heterocycles. The molecule has 0 fully saturated rings. The summed E-state index contributed by atoms with van der Waals surface area (Å²) in [4.78, 5) is 12.3. The normalized spacial score (nSPS) is 11.6. The third-order valence-electron chi connectivity index (χ3n) is 4.21. The summed E-state index contributed by atoms with van der Waals surface area (Å²) in [6, 6.07) is 9.81. The van der Waals surface area contributed by atoms with Crippen molar-refractivity contribution in [1.29, 1.82) is 0 Å². The number of hydrogen-bond donors (Lipinski definition) is 2. The molecule has 3 aromatic rings. The maximum Gasteiger partial charge on any atom is 0.271 e. The van der Waals surface area contributed by atoms with E-state index in [0.717, 1.165) is 17.1 Å². The van der Waals surface area contributed by atoms with Crippen molar-refractivity contribution in [2.24, 2.45) is 0 Å². The first-order valence-corrected chi connectivity index (χ1v) is 9.91. The SMILES string of the molecule is Cc1cc(C)n(-c2nnc(SCC(=O)Nc3ccc(C(C)(C)C)cc3)n2N)n1. The summed E-state index contributed by atoms with van der Waals surface area (Å²) in [7, 11) is 0. The van der Waals surface area contributed by atoms with Crippen LogP contribution >= 0.6 is 11.8 Å². The van der Waals surface area contributed by atoms with Gasteiger partial charge in [-0.15, -0.1) is 10.2 Å². The lowest BCUT2D eigenvalue weighted by Gasteiger charge is -2.19. The molecule has 2 aromatic heterocycles. The van der Waals surface area contributed by atoms with Gasteiger partial charge < -0.3 is 11.2 Å². The average molecular weight is 400 g/mol. The molecule has 0 saturated carbocycles. The van der Waals surface area contributed by atoms with Gasteiger partial charge in [0.15, 0.2) is 0 Å². The van der Waals surface area contributed by atoms with Crippen LogP contribution in [-0.4, -0.2) is 36.3 Å². The van der Waals surface area contributed by atoms with Gasteiger partial charge in [0.2, 0.25) is 11.1 Å². The van der Waals surface area contributed by atoms with E-state index in [4.69, 9.17) is 5.84 Å². The fraction of sp³-hybridized carbons (Fsp3) is 0.368. The second kappa shape index (κ2) is 7.67. The molecule has 0 bridgehead atoms. The summed E-state index contributed by atoms with van der Waals surface area (Å²) < 4.78 is 2.97. The van der Waals surface area contributed by atoms with Gasteiger partial charge in [-0.1, -0.05) is 44.7 Å². The van der Waals surface area contributed by atoms with Crippen LogP contribution in [0.2, 0.25) is 0 Å². The number of thioether (sulfide) groups is 1. The Morgan fingerprint density at radius 1 is 1.18 bits per heavy atom. The Morgan fingerprint density at radius 2 is 1.86 bits per heavy atom.